The van der Waals surface area contributed by atoms with Crippen molar-refractivity contribution in [3.63, 3.8) is 0 Å². The summed E-state index contributed by atoms with van der Waals surface area (Å²) < 4.78 is 0. The lowest BCUT2D eigenvalue weighted by Gasteiger charge is -1.86. The van der Waals surface area contributed by atoms with Gasteiger partial charge in [-0.2, -0.15) is 0 Å². The van der Waals surface area contributed by atoms with Crippen LogP contribution in [-0.4, -0.2) is 26.9 Å². The monoisotopic (exact) mass is 116 g/mol. The molecule has 50 valence electrons. The first-order chi connectivity index (χ1) is 3.91. The van der Waals surface area contributed by atoms with Crippen molar-refractivity contribution >= 4 is 6.72 Å². The number of rotatable bonds is 3. The van der Waals surface area contributed by atoms with Crippen molar-refractivity contribution in [2.45, 2.75) is 13.8 Å². The maximum atomic E-state index is 3.61. The summed E-state index contributed by atoms with van der Waals surface area (Å²) >= 11 is 0. The lowest BCUT2D eigenvalue weighted by Crippen LogP contribution is -2.09. The first-order valence-corrected chi connectivity index (χ1v) is 2.99. The summed E-state index contributed by atoms with van der Waals surface area (Å²) in [6.07, 6.45) is 0. The number of hydrogen-bond acceptors (Lipinski definition) is 2. The zero-order valence-electron chi connectivity index (χ0n) is 6.07. The van der Waals surface area contributed by atoms with E-state index in [0.29, 0.717) is 0 Å². The number of aliphatic imine (C=N–C) groups is 1. The fraction of sp³-hybridized carbons (Fsp3) is 0.833. The van der Waals surface area contributed by atoms with Gasteiger partial charge in [-0.25, -0.2) is 0 Å². The maximum absolute atomic E-state index is 3.61. The quantitative estimate of drug-likeness (QED) is 0.430. The molecule has 0 rings (SSSR count). The van der Waals surface area contributed by atoms with Crippen molar-refractivity contribution < 1.29 is 0 Å². The van der Waals surface area contributed by atoms with Gasteiger partial charge in [-0.3, -0.25) is 4.99 Å². The van der Waals surface area contributed by atoms with E-state index < -0.39 is 0 Å². The van der Waals surface area contributed by atoms with E-state index in [-0.39, 0.29) is 0 Å². The van der Waals surface area contributed by atoms with Crippen molar-refractivity contribution in [3.8, 4) is 0 Å². The van der Waals surface area contributed by atoms with Gasteiger partial charge in [0.15, 0.2) is 0 Å². The normalized spacial score (nSPS) is 6.88. The standard InChI is InChI=1S/C4H10N2.C2H6/c1-5-3-4-6-2;1-2/h6H,1,3-4H2,2H3;1-2H3. The second-order valence-electron chi connectivity index (χ2n) is 1.05. The van der Waals surface area contributed by atoms with Gasteiger partial charge in [0.05, 0.1) is 6.54 Å². The number of hydrogen-bond donors (Lipinski definition) is 1. The first-order valence-electron chi connectivity index (χ1n) is 2.99. The molecule has 0 atom stereocenters. The minimum Gasteiger partial charge on any atom is -0.318 e. The van der Waals surface area contributed by atoms with E-state index in [9.17, 15) is 0 Å². The summed E-state index contributed by atoms with van der Waals surface area (Å²) in [5.41, 5.74) is 0. The van der Waals surface area contributed by atoms with Gasteiger partial charge in [-0.05, 0) is 13.8 Å². The van der Waals surface area contributed by atoms with Crippen LogP contribution in [-0.2, 0) is 0 Å². The summed E-state index contributed by atoms with van der Waals surface area (Å²) in [5.74, 6) is 0. The molecule has 0 amide bonds. The molecular weight excluding hydrogens is 100 g/mol. The molecule has 0 aromatic rings. The lowest BCUT2D eigenvalue weighted by molar-refractivity contribution is 0.805. The molecule has 0 aliphatic rings. The lowest BCUT2D eigenvalue weighted by atomic mass is 10.7. The second-order valence-corrected chi connectivity index (χ2v) is 1.05. The molecule has 0 bridgehead atoms. The summed E-state index contributed by atoms with van der Waals surface area (Å²) in [4.78, 5) is 3.61. The van der Waals surface area contributed by atoms with E-state index >= 15 is 0 Å². The molecule has 0 saturated heterocycles. The van der Waals surface area contributed by atoms with Gasteiger partial charge in [0.25, 0.3) is 0 Å². The van der Waals surface area contributed by atoms with Crippen molar-refractivity contribution in [1.29, 1.82) is 0 Å². The zero-order valence-corrected chi connectivity index (χ0v) is 6.07. The first kappa shape index (κ1) is 10.6. The van der Waals surface area contributed by atoms with Gasteiger partial charge >= 0.3 is 0 Å². The Hall–Kier alpha value is -0.370. The number of nitrogens with one attached hydrogen (secondary N) is 1. The molecule has 8 heavy (non-hydrogen) atoms. The Morgan fingerprint density at radius 1 is 1.50 bits per heavy atom. The Morgan fingerprint density at radius 2 is 2.00 bits per heavy atom. The molecule has 0 radical (unpaired) electrons. The topological polar surface area (TPSA) is 24.4 Å². The highest BCUT2D eigenvalue weighted by Gasteiger charge is 1.69. The van der Waals surface area contributed by atoms with Gasteiger partial charge < -0.3 is 5.32 Å². The van der Waals surface area contributed by atoms with Crippen LogP contribution in [0.4, 0.5) is 0 Å². The van der Waals surface area contributed by atoms with Gasteiger partial charge in [0.1, 0.15) is 0 Å². The average molecular weight is 116 g/mol. The maximum Gasteiger partial charge on any atom is 0.0506 e. The van der Waals surface area contributed by atoms with Crippen molar-refractivity contribution in [1.82, 2.24) is 5.32 Å². The Kier molecular flexibility index (Phi) is 21.1. The molecular formula is C6H16N2. The van der Waals surface area contributed by atoms with Crippen LogP contribution >= 0.6 is 0 Å². The third-order valence-corrected chi connectivity index (χ3v) is 0.520. The van der Waals surface area contributed by atoms with Crippen molar-refractivity contribution in [2.24, 2.45) is 4.99 Å². The predicted octanol–water partition coefficient (Wildman–Crippen LogP) is 0.933. The van der Waals surface area contributed by atoms with Gasteiger partial charge in [0, 0.05) is 6.54 Å². The Morgan fingerprint density at radius 3 is 2.12 bits per heavy atom. The third-order valence-electron chi connectivity index (χ3n) is 0.520. The molecule has 0 fully saturated rings. The second kappa shape index (κ2) is 15.9. The van der Waals surface area contributed by atoms with Crippen LogP contribution in [0.3, 0.4) is 0 Å². The molecule has 2 nitrogen and oxygen atoms in total. The van der Waals surface area contributed by atoms with Gasteiger partial charge in [-0.1, -0.05) is 13.8 Å². The highest BCUT2D eigenvalue weighted by atomic mass is 14.8. The molecule has 0 saturated carbocycles. The molecule has 0 aliphatic heterocycles. The minimum absolute atomic E-state index is 0.816. The molecule has 1 N–H and O–H groups in total. The highest BCUT2D eigenvalue weighted by Crippen LogP contribution is 1.56. The largest absolute Gasteiger partial charge is 0.318 e. The smallest absolute Gasteiger partial charge is 0.0506 e. The van der Waals surface area contributed by atoms with Crippen molar-refractivity contribution in [2.75, 3.05) is 20.1 Å². The molecule has 0 aliphatic carbocycles. The predicted molar refractivity (Wildman–Crippen MR) is 39.7 cm³/mol. The van der Waals surface area contributed by atoms with Crippen LogP contribution in [0.5, 0.6) is 0 Å². The Bertz CT molecular complexity index is 35.5. The zero-order chi connectivity index (χ0) is 6.83. The number of nitrogens with zero attached hydrogens (tertiary/aromatic N) is 1. The van der Waals surface area contributed by atoms with Gasteiger partial charge in [0.2, 0.25) is 0 Å². The van der Waals surface area contributed by atoms with Crippen molar-refractivity contribution in [3.05, 3.63) is 0 Å². The van der Waals surface area contributed by atoms with Crippen LogP contribution in [0.2, 0.25) is 0 Å². The van der Waals surface area contributed by atoms with Crippen LogP contribution < -0.4 is 5.32 Å². The average Bonchev–Trinajstić information content (AvgIpc) is 1.88. The van der Waals surface area contributed by atoms with Crippen LogP contribution in [0.15, 0.2) is 4.99 Å². The summed E-state index contributed by atoms with van der Waals surface area (Å²) in [6, 6.07) is 0. The van der Waals surface area contributed by atoms with E-state index in [1.165, 1.54) is 0 Å². The van der Waals surface area contributed by atoms with Gasteiger partial charge in [-0.15, -0.1) is 0 Å². The minimum atomic E-state index is 0.816. The summed E-state index contributed by atoms with van der Waals surface area (Å²) in [6.45, 7) is 9.06. The highest BCUT2D eigenvalue weighted by molar-refractivity contribution is 5.23. The molecule has 0 aromatic heterocycles. The SMILES string of the molecule is C=NCCNC.CC. The van der Waals surface area contributed by atoms with Crippen LogP contribution in [0.25, 0.3) is 0 Å². The third kappa shape index (κ3) is 17.4. The summed E-state index contributed by atoms with van der Waals surface area (Å²) in [7, 11) is 1.89. The van der Waals surface area contributed by atoms with E-state index in [1.54, 1.807) is 0 Å². The molecule has 0 heterocycles. The fourth-order valence-corrected chi connectivity index (χ4v) is 0.191. The molecule has 0 aromatic carbocycles. The fourth-order valence-electron chi connectivity index (χ4n) is 0.191. The van der Waals surface area contributed by atoms with E-state index in [1.807, 2.05) is 20.9 Å². The molecule has 0 unspecified atom stereocenters. The van der Waals surface area contributed by atoms with E-state index in [2.05, 4.69) is 17.0 Å². The molecule has 2 heteroatoms. The van der Waals surface area contributed by atoms with Crippen LogP contribution in [0.1, 0.15) is 13.8 Å². The Labute approximate surface area is 52.0 Å². The Balaban J connectivity index is 0. The van der Waals surface area contributed by atoms with Crippen LogP contribution in [0, 0.1) is 0 Å². The molecule has 0 spiro atoms. The number of likely N-dealkylation sites (N-methyl/N-ethyl adjacent to an activating group) is 1. The van der Waals surface area contributed by atoms with E-state index in [0.717, 1.165) is 13.1 Å². The van der Waals surface area contributed by atoms with E-state index in [4.69, 9.17) is 0 Å². The summed E-state index contributed by atoms with van der Waals surface area (Å²) in [5, 5.41) is 2.93.